The smallest absolute Gasteiger partial charge is 0.243 e. The number of carbonyl (C=O) groups is 1. The maximum atomic E-state index is 13.1. The van der Waals surface area contributed by atoms with Gasteiger partial charge >= 0.3 is 0 Å². The van der Waals surface area contributed by atoms with Crippen LogP contribution in [0.3, 0.4) is 0 Å². The summed E-state index contributed by atoms with van der Waals surface area (Å²) >= 11 is 0. The topological polar surface area (TPSA) is 60.9 Å². The average Bonchev–Trinajstić information content (AvgIpc) is 3.22. The van der Waals surface area contributed by atoms with E-state index < -0.39 is 10.0 Å². The van der Waals surface area contributed by atoms with Gasteiger partial charge in [0.25, 0.3) is 0 Å². The molecule has 0 atom stereocenters. The molecule has 1 aliphatic carbocycles. The Hall–Kier alpha value is -1.44. The van der Waals surface area contributed by atoms with Crippen LogP contribution in [0.4, 0.5) is 0 Å². The molecule has 0 spiro atoms. The van der Waals surface area contributed by atoms with Crippen LogP contribution in [0.15, 0.2) is 23.1 Å². The number of likely N-dealkylation sites (tertiary alicyclic amines) is 1. The number of aryl methyl sites for hydroxylation is 2. The largest absolute Gasteiger partial charge is 0.340 e. The van der Waals surface area contributed by atoms with Gasteiger partial charge in [0.15, 0.2) is 0 Å². The zero-order valence-electron chi connectivity index (χ0n) is 17.5. The Kier molecular flexibility index (Phi) is 6.27. The fraction of sp³-hybridized carbons (Fsp3) is 0.682. The maximum absolute atomic E-state index is 13.1. The monoisotopic (exact) mass is 419 g/mol. The molecule has 0 unspecified atom stereocenters. The van der Waals surface area contributed by atoms with Crippen LogP contribution < -0.4 is 0 Å². The molecular weight excluding hydrogens is 386 g/mol. The van der Waals surface area contributed by atoms with Crippen molar-refractivity contribution in [1.29, 1.82) is 0 Å². The van der Waals surface area contributed by atoms with Gasteiger partial charge in [0, 0.05) is 32.1 Å². The number of benzene rings is 1. The first-order valence-electron chi connectivity index (χ1n) is 11.1. The molecule has 0 saturated carbocycles. The van der Waals surface area contributed by atoms with Crippen LogP contribution in [0.1, 0.15) is 43.7 Å². The van der Waals surface area contributed by atoms with E-state index in [0.29, 0.717) is 31.1 Å². The van der Waals surface area contributed by atoms with Crippen molar-refractivity contribution in [3.8, 4) is 0 Å². The highest BCUT2D eigenvalue weighted by atomic mass is 32.2. The predicted octanol–water partition coefficient (Wildman–Crippen LogP) is 2.13. The van der Waals surface area contributed by atoms with Crippen molar-refractivity contribution < 1.29 is 13.2 Å². The average molecular weight is 420 g/mol. The first-order chi connectivity index (χ1) is 14.0. The Morgan fingerprint density at radius 2 is 1.69 bits per heavy atom. The van der Waals surface area contributed by atoms with Crippen LogP contribution in [-0.4, -0.2) is 74.2 Å². The summed E-state index contributed by atoms with van der Waals surface area (Å²) < 4.78 is 27.7. The zero-order chi connectivity index (χ0) is 20.4. The van der Waals surface area contributed by atoms with E-state index in [2.05, 4.69) is 11.8 Å². The van der Waals surface area contributed by atoms with E-state index in [1.165, 1.54) is 11.1 Å². The van der Waals surface area contributed by atoms with Crippen LogP contribution in [-0.2, 0) is 27.7 Å². The fourth-order valence-corrected chi connectivity index (χ4v) is 6.46. The van der Waals surface area contributed by atoms with Gasteiger partial charge in [-0.05, 0) is 81.4 Å². The minimum absolute atomic E-state index is 0.1000. The van der Waals surface area contributed by atoms with Crippen molar-refractivity contribution in [1.82, 2.24) is 14.1 Å². The first-order valence-corrected chi connectivity index (χ1v) is 12.6. The van der Waals surface area contributed by atoms with Gasteiger partial charge in [0.2, 0.25) is 15.9 Å². The lowest BCUT2D eigenvalue weighted by molar-refractivity contribution is -0.138. The van der Waals surface area contributed by atoms with E-state index in [0.717, 1.165) is 58.2 Å². The standard InChI is InChI=1S/C22H33N3O3S/c1-2-10-23-11-8-19(9-12-23)22(26)24-13-15-25(16-14-24)29(27,28)21-7-6-18-4-3-5-20(18)17-21/h6-7,17,19H,2-5,8-16H2,1H3. The van der Waals surface area contributed by atoms with Crippen LogP contribution in [0.2, 0.25) is 0 Å². The molecule has 1 aromatic carbocycles. The molecule has 29 heavy (non-hydrogen) atoms. The summed E-state index contributed by atoms with van der Waals surface area (Å²) in [5, 5.41) is 0. The first kappa shape index (κ1) is 20.8. The summed E-state index contributed by atoms with van der Waals surface area (Å²) in [4.78, 5) is 17.6. The molecule has 2 aliphatic heterocycles. The second-order valence-corrected chi connectivity index (χ2v) is 10.6. The van der Waals surface area contributed by atoms with Gasteiger partial charge in [-0.2, -0.15) is 4.31 Å². The molecule has 7 heteroatoms. The normalized spacial score (nSPS) is 22.0. The summed E-state index contributed by atoms with van der Waals surface area (Å²) in [6.45, 7) is 7.07. The van der Waals surface area contributed by atoms with Gasteiger partial charge in [0.05, 0.1) is 4.90 Å². The minimum atomic E-state index is -3.48. The van der Waals surface area contributed by atoms with Crippen molar-refractivity contribution in [3.05, 3.63) is 29.3 Å². The van der Waals surface area contributed by atoms with E-state index in [4.69, 9.17) is 0 Å². The molecule has 3 aliphatic rings. The van der Waals surface area contributed by atoms with Crippen molar-refractivity contribution in [3.63, 3.8) is 0 Å². The summed E-state index contributed by atoms with van der Waals surface area (Å²) in [5.41, 5.74) is 2.46. The lowest BCUT2D eigenvalue weighted by Crippen LogP contribution is -2.52. The quantitative estimate of drug-likeness (QED) is 0.734. The van der Waals surface area contributed by atoms with Gasteiger partial charge in [-0.3, -0.25) is 4.79 Å². The van der Waals surface area contributed by atoms with Crippen molar-refractivity contribution in [2.24, 2.45) is 5.92 Å². The minimum Gasteiger partial charge on any atom is -0.340 e. The molecule has 6 nitrogen and oxygen atoms in total. The number of rotatable bonds is 5. The van der Waals surface area contributed by atoms with Crippen molar-refractivity contribution in [2.75, 3.05) is 45.8 Å². The lowest BCUT2D eigenvalue weighted by atomic mass is 9.95. The number of piperazine rings is 1. The van der Waals surface area contributed by atoms with Crippen LogP contribution in [0.25, 0.3) is 0 Å². The summed E-state index contributed by atoms with van der Waals surface area (Å²) in [6, 6.07) is 5.58. The van der Waals surface area contributed by atoms with Crippen LogP contribution in [0.5, 0.6) is 0 Å². The van der Waals surface area contributed by atoms with E-state index in [1.807, 2.05) is 17.0 Å². The Labute approximate surface area is 174 Å². The molecule has 0 N–H and O–H groups in total. The predicted molar refractivity (Wildman–Crippen MR) is 113 cm³/mol. The number of hydrogen-bond donors (Lipinski definition) is 0. The third-order valence-electron chi connectivity index (χ3n) is 6.73. The second kappa shape index (κ2) is 8.74. The van der Waals surface area contributed by atoms with E-state index in [-0.39, 0.29) is 11.8 Å². The van der Waals surface area contributed by atoms with E-state index >= 15 is 0 Å². The Morgan fingerprint density at radius 3 is 2.38 bits per heavy atom. The molecule has 0 radical (unpaired) electrons. The van der Waals surface area contributed by atoms with Crippen LogP contribution >= 0.6 is 0 Å². The fourth-order valence-electron chi connectivity index (χ4n) is 4.98. The SMILES string of the molecule is CCCN1CCC(C(=O)N2CCN(S(=O)(=O)c3ccc4c(c3)CCC4)CC2)CC1. The highest BCUT2D eigenvalue weighted by molar-refractivity contribution is 7.89. The Morgan fingerprint density at radius 1 is 1.00 bits per heavy atom. The molecule has 0 bridgehead atoms. The summed E-state index contributed by atoms with van der Waals surface area (Å²) in [5.74, 6) is 0.318. The van der Waals surface area contributed by atoms with Gasteiger partial charge in [-0.1, -0.05) is 13.0 Å². The second-order valence-electron chi connectivity index (χ2n) is 8.63. The number of carbonyl (C=O) groups excluding carboxylic acids is 1. The van der Waals surface area contributed by atoms with Gasteiger partial charge < -0.3 is 9.80 Å². The zero-order valence-corrected chi connectivity index (χ0v) is 18.3. The molecule has 2 saturated heterocycles. The number of amides is 1. The molecule has 0 aromatic heterocycles. The van der Waals surface area contributed by atoms with E-state index in [1.54, 1.807) is 10.4 Å². The highest BCUT2D eigenvalue weighted by Crippen LogP contribution is 2.27. The van der Waals surface area contributed by atoms with E-state index in [9.17, 15) is 13.2 Å². The maximum Gasteiger partial charge on any atom is 0.243 e. The number of piperidine rings is 1. The van der Waals surface area contributed by atoms with Crippen molar-refractivity contribution in [2.45, 2.75) is 50.3 Å². The van der Waals surface area contributed by atoms with Gasteiger partial charge in [-0.15, -0.1) is 0 Å². The summed E-state index contributed by atoms with van der Waals surface area (Å²) in [6.07, 6.45) is 6.13. The van der Waals surface area contributed by atoms with Gasteiger partial charge in [-0.25, -0.2) is 8.42 Å². The number of nitrogens with zero attached hydrogens (tertiary/aromatic N) is 3. The molecule has 1 amide bonds. The molecule has 160 valence electrons. The van der Waals surface area contributed by atoms with Crippen LogP contribution in [0, 0.1) is 5.92 Å². The Bertz CT molecular complexity index is 839. The lowest BCUT2D eigenvalue weighted by Gasteiger charge is -2.38. The summed E-state index contributed by atoms with van der Waals surface area (Å²) in [7, 11) is -3.48. The molecule has 1 aromatic rings. The molecule has 2 fully saturated rings. The van der Waals surface area contributed by atoms with Crippen molar-refractivity contribution >= 4 is 15.9 Å². The van der Waals surface area contributed by atoms with Gasteiger partial charge in [0.1, 0.15) is 0 Å². The molecular formula is C22H33N3O3S. The number of sulfonamides is 1. The Balaban J connectivity index is 1.34. The number of hydrogen-bond acceptors (Lipinski definition) is 4. The third-order valence-corrected chi connectivity index (χ3v) is 8.63. The third kappa shape index (κ3) is 4.37. The molecule has 4 rings (SSSR count). The highest BCUT2D eigenvalue weighted by Gasteiger charge is 2.34. The molecule has 2 heterocycles. The number of fused-ring (bicyclic) bond motifs is 1.